The fourth-order valence-corrected chi connectivity index (χ4v) is 4.16. The highest BCUT2D eigenvalue weighted by molar-refractivity contribution is 8.03. The van der Waals surface area contributed by atoms with E-state index in [0.29, 0.717) is 11.6 Å². The summed E-state index contributed by atoms with van der Waals surface area (Å²) in [6.45, 7) is 10.8. The van der Waals surface area contributed by atoms with E-state index in [2.05, 4.69) is 28.3 Å². The molecule has 1 aliphatic heterocycles. The molecular weight excluding hydrogens is 390 g/mol. The number of hydrogen-bond donors (Lipinski definition) is 2. The van der Waals surface area contributed by atoms with Crippen molar-refractivity contribution in [1.29, 1.82) is 0 Å². The van der Waals surface area contributed by atoms with Crippen molar-refractivity contribution in [2.45, 2.75) is 38.5 Å². The Bertz CT molecular complexity index is 825. The molecule has 28 heavy (non-hydrogen) atoms. The molecule has 0 aromatic heterocycles. The number of aliphatic imine (C=N–C) groups is 1. The van der Waals surface area contributed by atoms with Crippen molar-refractivity contribution in [3.05, 3.63) is 63.7 Å². The van der Waals surface area contributed by atoms with Gasteiger partial charge in [-0.1, -0.05) is 42.9 Å². The van der Waals surface area contributed by atoms with Crippen LogP contribution < -0.4 is 10.6 Å². The maximum absolute atomic E-state index is 12.0. The predicted octanol–water partition coefficient (Wildman–Crippen LogP) is 5.33. The lowest BCUT2D eigenvalue weighted by atomic mass is 9.99. The molecule has 0 bridgehead atoms. The molecule has 1 amide bonds. The molecule has 1 atom stereocenters. The molecule has 0 fully saturated rings. The molecule has 1 unspecified atom stereocenters. The lowest BCUT2D eigenvalue weighted by molar-refractivity contribution is -0.124. The molecule has 6 heteroatoms. The van der Waals surface area contributed by atoms with Gasteiger partial charge in [-0.25, -0.2) is 0 Å². The summed E-state index contributed by atoms with van der Waals surface area (Å²) in [5.74, 6) is 0.878. The van der Waals surface area contributed by atoms with E-state index in [4.69, 9.17) is 11.6 Å². The van der Waals surface area contributed by atoms with Crippen LogP contribution in [0.2, 0.25) is 5.02 Å². The molecule has 0 aliphatic carbocycles. The van der Waals surface area contributed by atoms with Gasteiger partial charge in [0.1, 0.15) is 5.84 Å². The number of nitrogens with one attached hydrogen (secondary N) is 2. The van der Waals surface area contributed by atoms with Gasteiger partial charge >= 0.3 is 0 Å². The van der Waals surface area contributed by atoms with Gasteiger partial charge in [0.25, 0.3) is 0 Å². The van der Waals surface area contributed by atoms with Crippen LogP contribution in [0, 0.1) is 5.92 Å². The van der Waals surface area contributed by atoms with Crippen LogP contribution in [0.3, 0.4) is 0 Å². The molecule has 1 aromatic rings. The topological polar surface area (TPSA) is 53.5 Å². The first-order valence-electron chi connectivity index (χ1n) is 9.45. The number of carbonyl (C=O) groups is 1. The fraction of sp³-hybridized carbons (Fsp3) is 0.364. The van der Waals surface area contributed by atoms with Crippen molar-refractivity contribution in [3.63, 3.8) is 0 Å². The molecule has 0 spiro atoms. The van der Waals surface area contributed by atoms with Gasteiger partial charge < -0.3 is 10.6 Å². The van der Waals surface area contributed by atoms with Crippen LogP contribution in [0.4, 0.5) is 0 Å². The van der Waals surface area contributed by atoms with Crippen molar-refractivity contribution < 1.29 is 4.79 Å². The molecule has 4 nitrogen and oxygen atoms in total. The Hall–Kier alpha value is -1.98. The zero-order chi connectivity index (χ0) is 20.7. The van der Waals surface area contributed by atoms with E-state index in [9.17, 15) is 4.79 Å². The van der Waals surface area contributed by atoms with Gasteiger partial charge in [0.2, 0.25) is 5.91 Å². The maximum Gasteiger partial charge on any atom is 0.222 e. The van der Waals surface area contributed by atoms with E-state index < -0.39 is 0 Å². The summed E-state index contributed by atoms with van der Waals surface area (Å²) in [5, 5.41) is 7.01. The van der Waals surface area contributed by atoms with Gasteiger partial charge in [-0.15, -0.1) is 0 Å². The normalized spacial score (nSPS) is 17.8. The first-order valence-corrected chi connectivity index (χ1v) is 10.6. The van der Waals surface area contributed by atoms with Crippen molar-refractivity contribution in [1.82, 2.24) is 10.6 Å². The third-order valence-corrected chi connectivity index (χ3v) is 5.94. The Labute approximate surface area is 177 Å². The number of benzene rings is 1. The molecule has 1 heterocycles. The second kappa shape index (κ2) is 10.5. The summed E-state index contributed by atoms with van der Waals surface area (Å²) >= 11 is 7.68. The van der Waals surface area contributed by atoms with Gasteiger partial charge in [0.05, 0.1) is 5.70 Å². The van der Waals surface area contributed by atoms with Gasteiger partial charge in [-0.3, -0.25) is 9.79 Å². The van der Waals surface area contributed by atoms with E-state index in [-0.39, 0.29) is 11.8 Å². The number of rotatable bonds is 8. The highest BCUT2D eigenvalue weighted by atomic mass is 35.5. The van der Waals surface area contributed by atoms with Crippen LogP contribution in [0.5, 0.6) is 0 Å². The lowest BCUT2D eigenvalue weighted by Gasteiger charge is -2.14. The molecule has 1 aromatic carbocycles. The van der Waals surface area contributed by atoms with E-state index in [1.807, 2.05) is 45.0 Å². The smallest absolute Gasteiger partial charge is 0.222 e. The molecule has 0 radical (unpaired) electrons. The molecule has 0 saturated heterocycles. The van der Waals surface area contributed by atoms with Crippen LogP contribution in [0.1, 0.15) is 33.6 Å². The summed E-state index contributed by atoms with van der Waals surface area (Å²) in [7, 11) is 1.78. The quantitative estimate of drug-likeness (QED) is 0.601. The average Bonchev–Trinajstić information content (AvgIpc) is 3.05. The minimum Gasteiger partial charge on any atom is -0.356 e. The molecular formula is C22H28ClN3OS. The number of amides is 1. The maximum atomic E-state index is 12.0. The zero-order valence-corrected chi connectivity index (χ0v) is 18.5. The van der Waals surface area contributed by atoms with Crippen LogP contribution >= 0.6 is 23.4 Å². The van der Waals surface area contributed by atoms with E-state index >= 15 is 0 Å². The SMILES string of the molecule is C=C(CCC(C)C(=O)NCC)C1=C(Sc2ccc(Cl)cc2)/C(=C/C)C(=NC)N1. The second-order valence-electron chi connectivity index (χ2n) is 6.60. The second-order valence-corrected chi connectivity index (χ2v) is 8.12. The number of thioether (sulfide) groups is 1. The Morgan fingerprint density at radius 2 is 2.07 bits per heavy atom. The molecule has 150 valence electrons. The standard InChI is InChI=1S/C22H28ClN3OS/c1-6-18-20(28-17-12-10-16(23)11-13-17)19(26-21(18)24-5)14(3)8-9-15(4)22(27)25-7-2/h6,10-13,15H,3,7-9H2,1-2,4-5H3,(H,24,26)(H,25,27)/b18-6-. The number of halogens is 1. The first kappa shape index (κ1) is 22.3. The minimum atomic E-state index is -0.0495. The van der Waals surface area contributed by atoms with E-state index in [1.54, 1.807) is 18.8 Å². The van der Waals surface area contributed by atoms with Crippen molar-refractivity contribution in [2.75, 3.05) is 13.6 Å². The average molecular weight is 418 g/mol. The van der Waals surface area contributed by atoms with Crippen LogP contribution in [-0.4, -0.2) is 25.3 Å². The Morgan fingerprint density at radius 3 is 2.64 bits per heavy atom. The van der Waals surface area contributed by atoms with Gasteiger partial charge in [-0.05, 0) is 56.5 Å². The first-order chi connectivity index (χ1) is 13.4. The number of hydrogen-bond acceptors (Lipinski definition) is 3. The molecule has 0 saturated carbocycles. The summed E-state index contributed by atoms with van der Waals surface area (Å²) < 4.78 is 0. The number of allylic oxidation sites excluding steroid dienone is 2. The van der Waals surface area contributed by atoms with Crippen molar-refractivity contribution >= 4 is 35.1 Å². The summed E-state index contributed by atoms with van der Waals surface area (Å²) in [5.41, 5.74) is 3.03. The Morgan fingerprint density at radius 1 is 1.39 bits per heavy atom. The highest BCUT2D eigenvalue weighted by Crippen LogP contribution is 2.40. The Balaban J connectivity index is 2.23. The molecule has 2 N–H and O–H groups in total. The largest absolute Gasteiger partial charge is 0.356 e. The third-order valence-electron chi connectivity index (χ3n) is 4.55. The van der Waals surface area contributed by atoms with Crippen LogP contribution in [-0.2, 0) is 4.79 Å². The van der Waals surface area contributed by atoms with Crippen LogP contribution in [0.15, 0.2) is 68.6 Å². The predicted molar refractivity (Wildman–Crippen MR) is 121 cm³/mol. The summed E-state index contributed by atoms with van der Waals surface area (Å²) in [6, 6.07) is 7.79. The summed E-state index contributed by atoms with van der Waals surface area (Å²) in [6.07, 6.45) is 3.54. The number of nitrogens with zero attached hydrogens (tertiary/aromatic N) is 1. The number of carbonyl (C=O) groups excluding carboxylic acids is 1. The third kappa shape index (κ3) is 5.52. The minimum absolute atomic E-state index is 0.0495. The number of amidine groups is 1. The fourth-order valence-electron chi connectivity index (χ4n) is 2.90. The van der Waals surface area contributed by atoms with Gasteiger partial charge in [-0.2, -0.15) is 0 Å². The van der Waals surface area contributed by atoms with E-state index in [1.165, 1.54) is 0 Å². The van der Waals surface area contributed by atoms with Crippen LogP contribution in [0.25, 0.3) is 0 Å². The van der Waals surface area contributed by atoms with Gasteiger partial charge in [0, 0.05) is 39.9 Å². The lowest BCUT2D eigenvalue weighted by Crippen LogP contribution is -2.29. The molecule has 1 aliphatic rings. The van der Waals surface area contributed by atoms with Gasteiger partial charge in [0.15, 0.2) is 0 Å². The summed E-state index contributed by atoms with van der Waals surface area (Å²) in [4.78, 5) is 18.6. The van der Waals surface area contributed by atoms with Crippen molar-refractivity contribution in [2.24, 2.45) is 10.9 Å². The Kier molecular flexibility index (Phi) is 8.39. The monoisotopic (exact) mass is 417 g/mol. The zero-order valence-electron chi connectivity index (χ0n) is 16.9. The molecule has 2 rings (SSSR count). The highest BCUT2D eigenvalue weighted by Gasteiger charge is 2.27. The van der Waals surface area contributed by atoms with Crippen molar-refractivity contribution in [3.8, 4) is 0 Å². The van der Waals surface area contributed by atoms with E-state index in [0.717, 1.165) is 45.3 Å².